The van der Waals surface area contributed by atoms with E-state index in [1.807, 2.05) is 6.92 Å². The van der Waals surface area contributed by atoms with Gasteiger partial charge in [0.1, 0.15) is 0 Å². The molecule has 0 fully saturated rings. The highest BCUT2D eigenvalue weighted by Gasteiger charge is 2.07. The maximum Gasteiger partial charge on any atom is 0.338 e. The SMILES string of the molecule is C=CCCC(=O)Nc1ccc(C(=O)OCCC)cc1. The van der Waals surface area contributed by atoms with Gasteiger partial charge in [0, 0.05) is 12.1 Å². The first-order valence-electron chi connectivity index (χ1n) is 6.35. The molecular weight excluding hydrogens is 242 g/mol. The molecule has 1 rings (SSSR count). The Bertz CT molecular complexity index is 437. The van der Waals surface area contributed by atoms with Crippen molar-refractivity contribution in [2.24, 2.45) is 0 Å². The zero-order valence-corrected chi connectivity index (χ0v) is 11.1. The van der Waals surface area contributed by atoms with Crippen molar-refractivity contribution in [1.82, 2.24) is 0 Å². The van der Waals surface area contributed by atoms with Gasteiger partial charge in [-0.25, -0.2) is 4.79 Å². The van der Waals surface area contributed by atoms with Crippen molar-refractivity contribution in [3.63, 3.8) is 0 Å². The molecule has 1 amide bonds. The molecular formula is C15H19NO3. The van der Waals surface area contributed by atoms with Crippen LogP contribution in [0, 0.1) is 0 Å². The van der Waals surface area contributed by atoms with E-state index in [1.165, 1.54) is 0 Å². The van der Waals surface area contributed by atoms with Gasteiger partial charge in [-0.1, -0.05) is 13.0 Å². The zero-order chi connectivity index (χ0) is 14.1. The van der Waals surface area contributed by atoms with Gasteiger partial charge >= 0.3 is 5.97 Å². The van der Waals surface area contributed by atoms with E-state index in [0.717, 1.165) is 6.42 Å². The average Bonchev–Trinajstić information content (AvgIpc) is 2.43. The summed E-state index contributed by atoms with van der Waals surface area (Å²) in [4.78, 5) is 23.0. The molecule has 0 saturated carbocycles. The van der Waals surface area contributed by atoms with Crippen molar-refractivity contribution in [3.05, 3.63) is 42.5 Å². The first-order chi connectivity index (χ1) is 9.17. The number of hydrogen-bond acceptors (Lipinski definition) is 3. The van der Waals surface area contributed by atoms with Gasteiger partial charge in [0.25, 0.3) is 0 Å². The number of anilines is 1. The predicted molar refractivity (Wildman–Crippen MR) is 75.1 cm³/mol. The monoisotopic (exact) mass is 261 g/mol. The lowest BCUT2D eigenvalue weighted by Gasteiger charge is -2.06. The van der Waals surface area contributed by atoms with Crippen molar-refractivity contribution in [2.75, 3.05) is 11.9 Å². The number of hydrogen-bond donors (Lipinski definition) is 1. The molecule has 4 heteroatoms. The minimum atomic E-state index is -0.341. The van der Waals surface area contributed by atoms with Crippen LogP contribution in [0.3, 0.4) is 0 Å². The van der Waals surface area contributed by atoms with E-state index in [0.29, 0.717) is 30.7 Å². The molecule has 0 aliphatic heterocycles. The number of carbonyl (C=O) groups is 2. The fourth-order valence-electron chi connectivity index (χ4n) is 1.42. The summed E-state index contributed by atoms with van der Waals surface area (Å²) >= 11 is 0. The van der Waals surface area contributed by atoms with Crippen LogP contribution in [-0.4, -0.2) is 18.5 Å². The molecule has 4 nitrogen and oxygen atoms in total. The van der Waals surface area contributed by atoms with E-state index in [9.17, 15) is 9.59 Å². The summed E-state index contributed by atoms with van der Waals surface area (Å²) in [5.41, 5.74) is 1.15. The van der Waals surface area contributed by atoms with Gasteiger partial charge in [0.2, 0.25) is 5.91 Å². The summed E-state index contributed by atoms with van der Waals surface area (Å²) in [5.74, 6) is -0.410. The number of carbonyl (C=O) groups excluding carboxylic acids is 2. The van der Waals surface area contributed by atoms with E-state index < -0.39 is 0 Å². The minimum Gasteiger partial charge on any atom is -0.462 e. The Morgan fingerprint density at radius 3 is 2.58 bits per heavy atom. The van der Waals surface area contributed by atoms with Crippen molar-refractivity contribution >= 4 is 17.6 Å². The van der Waals surface area contributed by atoms with Crippen LogP contribution in [0.15, 0.2) is 36.9 Å². The van der Waals surface area contributed by atoms with Crippen molar-refractivity contribution in [3.8, 4) is 0 Å². The Balaban J connectivity index is 2.53. The fourth-order valence-corrected chi connectivity index (χ4v) is 1.42. The van der Waals surface area contributed by atoms with Crippen LogP contribution in [0.25, 0.3) is 0 Å². The summed E-state index contributed by atoms with van der Waals surface area (Å²) < 4.78 is 5.01. The number of ether oxygens (including phenoxy) is 1. The second-order valence-corrected chi connectivity index (χ2v) is 4.09. The van der Waals surface area contributed by atoms with Gasteiger partial charge in [-0.3, -0.25) is 4.79 Å². The molecule has 0 unspecified atom stereocenters. The first-order valence-corrected chi connectivity index (χ1v) is 6.35. The highest BCUT2D eigenvalue weighted by molar-refractivity contribution is 5.93. The summed E-state index contributed by atoms with van der Waals surface area (Å²) in [6, 6.07) is 6.66. The van der Waals surface area contributed by atoms with Gasteiger partial charge in [-0.05, 0) is 37.1 Å². The Morgan fingerprint density at radius 2 is 2.00 bits per heavy atom. The number of allylic oxidation sites excluding steroid dienone is 1. The van der Waals surface area contributed by atoms with Crippen molar-refractivity contribution in [2.45, 2.75) is 26.2 Å². The average molecular weight is 261 g/mol. The molecule has 0 aromatic heterocycles. The van der Waals surface area contributed by atoms with E-state index >= 15 is 0 Å². The van der Waals surface area contributed by atoms with E-state index in [-0.39, 0.29) is 11.9 Å². The standard InChI is InChI=1S/C15H19NO3/c1-3-5-6-14(17)16-13-9-7-12(8-10-13)15(18)19-11-4-2/h3,7-10H,1,4-6,11H2,2H3,(H,16,17). The lowest BCUT2D eigenvalue weighted by atomic mass is 10.2. The largest absolute Gasteiger partial charge is 0.462 e. The van der Waals surface area contributed by atoms with Gasteiger partial charge in [-0.15, -0.1) is 6.58 Å². The Labute approximate surface area is 113 Å². The van der Waals surface area contributed by atoms with Gasteiger partial charge < -0.3 is 10.1 Å². The fraction of sp³-hybridized carbons (Fsp3) is 0.333. The first kappa shape index (κ1) is 15.0. The summed E-state index contributed by atoms with van der Waals surface area (Å²) in [5, 5.41) is 2.75. The maximum atomic E-state index is 11.6. The Morgan fingerprint density at radius 1 is 1.32 bits per heavy atom. The summed E-state index contributed by atoms with van der Waals surface area (Å²) in [6.07, 6.45) is 3.55. The highest BCUT2D eigenvalue weighted by atomic mass is 16.5. The van der Waals surface area contributed by atoms with Crippen molar-refractivity contribution in [1.29, 1.82) is 0 Å². The van der Waals surface area contributed by atoms with Crippen LogP contribution in [0.4, 0.5) is 5.69 Å². The molecule has 0 saturated heterocycles. The molecule has 0 aliphatic carbocycles. The lowest BCUT2D eigenvalue weighted by molar-refractivity contribution is -0.116. The molecule has 1 aromatic carbocycles. The second-order valence-electron chi connectivity index (χ2n) is 4.09. The van der Waals surface area contributed by atoms with Crippen molar-refractivity contribution < 1.29 is 14.3 Å². The van der Waals surface area contributed by atoms with Gasteiger partial charge in [0.15, 0.2) is 0 Å². The van der Waals surface area contributed by atoms with Crippen LogP contribution in [0.2, 0.25) is 0 Å². The third kappa shape index (κ3) is 5.38. The Kier molecular flexibility index (Phi) is 6.36. The van der Waals surface area contributed by atoms with E-state index in [2.05, 4.69) is 11.9 Å². The maximum absolute atomic E-state index is 11.6. The third-order valence-corrected chi connectivity index (χ3v) is 2.42. The molecule has 0 spiro atoms. The normalized spacial score (nSPS) is 9.74. The quantitative estimate of drug-likeness (QED) is 0.606. The van der Waals surface area contributed by atoms with E-state index in [4.69, 9.17) is 4.74 Å². The number of nitrogens with one attached hydrogen (secondary N) is 1. The molecule has 0 heterocycles. The van der Waals surface area contributed by atoms with Crippen LogP contribution >= 0.6 is 0 Å². The minimum absolute atomic E-state index is 0.0683. The highest BCUT2D eigenvalue weighted by Crippen LogP contribution is 2.11. The molecule has 0 bridgehead atoms. The molecule has 102 valence electrons. The van der Waals surface area contributed by atoms with Crippen LogP contribution in [-0.2, 0) is 9.53 Å². The molecule has 19 heavy (non-hydrogen) atoms. The predicted octanol–water partition coefficient (Wildman–Crippen LogP) is 3.16. The smallest absolute Gasteiger partial charge is 0.338 e. The topological polar surface area (TPSA) is 55.4 Å². The lowest BCUT2D eigenvalue weighted by Crippen LogP contribution is -2.11. The summed E-state index contributed by atoms with van der Waals surface area (Å²) in [6.45, 7) is 5.92. The second kappa shape index (κ2) is 8.08. The zero-order valence-electron chi connectivity index (χ0n) is 11.1. The Hall–Kier alpha value is -2.10. The van der Waals surface area contributed by atoms with Gasteiger partial charge in [-0.2, -0.15) is 0 Å². The van der Waals surface area contributed by atoms with Gasteiger partial charge in [0.05, 0.1) is 12.2 Å². The molecule has 0 atom stereocenters. The van der Waals surface area contributed by atoms with Crippen LogP contribution in [0.5, 0.6) is 0 Å². The third-order valence-electron chi connectivity index (χ3n) is 2.42. The summed E-state index contributed by atoms with van der Waals surface area (Å²) in [7, 11) is 0. The van der Waals surface area contributed by atoms with E-state index in [1.54, 1.807) is 30.3 Å². The number of amides is 1. The molecule has 1 N–H and O–H groups in total. The van der Waals surface area contributed by atoms with Crippen LogP contribution in [0.1, 0.15) is 36.5 Å². The molecule has 0 radical (unpaired) electrons. The molecule has 1 aromatic rings. The number of benzene rings is 1. The van der Waals surface area contributed by atoms with Crippen LogP contribution < -0.4 is 5.32 Å². The molecule has 0 aliphatic rings. The number of esters is 1. The number of rotatable bonds is 7.